The molecule has 0 aliphatic rings. The number of hydrogen-bond acceptors (Lipinski definition) is 5. The molecule has 0 heterocycles. The van der Waals surface area contributed by atoms with Gasteiger partial charge in [0.2, 0.25) is 5.91 Å². The highest BCUT2D eigenvalue weighted by atomic mass is 31.2. The van der Waals surface area contributed by atoms with Crippen molar-refractivity contribution in [3.05, 3.63) is 24.3 Å². The molecule has 9 heteroatoms. The van der Waals surface area contributed by atoms with Crippen molar-refractivity contribution in [3.8, 4) is 0 Å². The Morgan fingerprint density at radius 2 is 0.760 bits per heavy atom. The van der Waals surface area contributed by atoms with Crippen LogP contribution in [0.15, 0.2) is 24.3 Å². The SMILES string of the molecule is CCCCCCC/C=C\C/C=C\CCCCCCCCCCCC(=O)NC(COP(=O)(O)OCC[N+](C)(C)C)C(O)CCCCCCCCCCCCCCCCCCCCCCCCCCCCCCCCCC. The molecule has 0 radical (unpaired) electrons. The average Bonchev–Trinajstić information content (AvgIpc) is 3.37. The molecule has 0 bridgehead atoms. The molecule has 8 nitrogen and oxygen atoms in total. The van der Waals surface area contributed by atoms with Gasteiger partial charge in [-0.3, -0.25) is 13.8 Å². The van der Waals surface area contributed by atoms with Crippen LogP contribution in [-0.4, -0.2) is 73.4 Å². The Kier molecular flexibility index (Phi) is 56.9. The number of carbonyl (C=O) groups excluding carboxylic acids is 1. The number of phosphoric acid groups is 1. The maximum Gasteiger partial charge on any atom is 0.472 e. The molecule has 1 amide bonds. The number of nitrogens with one attached hydrogen (secondary N) is 1. The second-order valence-corrected chi connectivity index (χ2v) is 25.7. The third-order valence-electron chi connectivity index (χ3n) is 15.5. The molecule has 0 aromatic heterocycles. The molecule has 0 aliphatic heterocycles. The summed E-state index contributed by atoms with van der Waals surface area (Å²) in [7, 11) is 1.63. The Labute approximate surface area is 468 Å². The first-order valence-corrected chi connectivity index (χ1v) is 34.7. The number of allylic oxidation sites excluding steroid dienone is 4. The summed E-state index contributed by atoms with van der Waals surface area (Å²) in [6.45, 7) is 4.93. The summed E-state index contributed by atoms with van der Waals surface area (Å²) in [6, 6.07) is -0.763. The fraction of sp³-hybridized carbons (Fsp3) is 0.924. The van der Waals surface area contributed by atoms with Gasteiger partial charge in [-0.25, -0.2) is 4.57 Å². The zero-order valence-corrected chi connectivity index (χ0v) is 52.0. The van der Waals surface area contributed by atoms with Crippen LogP contribution in [0.4, 0.5) is 0 Å². The van der Waals surface area contributed by atoms with E-state index in [0.717, 1.165) is 44.9 Å². The summed E-state index contributed by atoms with van der Waals surface area (Å²) in [4.78, 5) is 23.4. The third-order valence-corrected chi connectivity index (χ3v) is 16.4. The van der Waals surface area contributed by atoms with Crippen LogP contribution in [0, 0.1) is 0 Å². The predicted molar refractivity (Wildman–Crippen MR) is 328 cm³/mol. The van der Waals surface area contributed by atoms with Gasteiger partial charge in [0.05, 0.1) is 39.9 Å². The summed E-state index contributed by atoms with van der Waals surface area (Å²) < 4.78 is 23.9. The monoisotopic (exact) mass is 1080 g/mol. The quantitative estimate of drug-likeness (QED) is 0.0243. The average molecular weight is 1080 g/mol. The normalized spacial score (nSPS) is 13.9. The van der Waals surface area contributed by atoms with Crippen molar-refractivity contribution in [2.24, 2.45) is 0 Å². The second kappa shape index (κ2) is 57.7. The minimum absolute atomic E-state index is 0.0752. The summed E-state index contributed by atoms with van der Waals surface area (Å²) in [6.07, 6.45) is 74.1. The predicted octanol–water partition coefficient (Wildman–Crippen LogP) is 20.7. The Morgan fingerprint density at radius 3 is 1.09 bits per heavy atom. The van der Waals surface area contributed by atoms with Crippen LogP contribution in [0.1, 0.15) is 341 Å². The van der Waals surface area contributed by atoms with Crippen molar-refractivity contribution in [2.75, 3.05) is 40.9 Å². The number of amides is 1. The molecule has 446 valence electrons. The van der Waals surface area contributed by atoms with Crippen LogP contribution in [-0.2, 0) is 18.4 Å². The summed E-state index contributed by atoms with van der Waals surface area (Å²) in [5.74, 6) is -0.143. The van der Waals surface area contributed by atoms with Crippen molar-refractivity contribution in [3.63, 3.8) is 0 Å². The van der Waals surface area contributed by atoms with Gasteiger partial charge < -0.3 is 19.8 Å². The number of unbranched alkanes of at least 4 members (excludes halogenated alkanes) is 45. The number of quaternary nitrogens is 1. The molecule has 3 atom stereocenters. The Morgan fingerprint density at radius 1 is 0.453 bits per heavy atom. The van der Waals surface area contributed by atoms with Gasteiger partial charge in [0.25, 0.3) is 0 Å². The van der Waals surface area contributed by atoms with Gasteiger partial charge in [0.1, 0.15) is 13.2 Å². The lowest BCUT2D eigenvalue weighted by atomic mass is 10.0. The number of likely N-dealkylation sites (N-methyl/N-ethyl adjacent to an activating group) is 1. The molecule has 75 heavy (non-hydrogen) atoms. The zero-order valence-electron chi connectivity index (χ0n) is 51.1. The van der Waals surface area contributed by atoms with Crippen molar-refractivity contribution < 1.29 is 32.9 Å². The van der Waals surface area contributed by atoms with Crippen LogP contribution in [0.5, 0.6) is 0 Å². The lowest BCUT2D eigenvalue weighted by molar-refractivity contribution is -0.870. The summed E-state index contributed by atoms with van der Waals surface area (Å²) in [5, 5.41) is 14.1. The van der Waals surface area contributed by atoms with Crippen LogP contribution >= 0.6 is 7.82 Å². The molecular formula is C66H132N2O6P+. The number of hydrogen-bond donors (Lipinski definition) is 3. The molecule has 0 fully saturated rings. The number of nitrogens with zero attached hydrogens (tertiary/aromatic N) is 1. The number of carbonyl (C=O) groups is 1. The van der Waals surface area contributed by atoms with E-state index in [0.29, 0.717) is 23.9 Å². The first-order chi connectivity index (χ1) is 36.5. The van der Waals surface area contributed by atoms with Gasteiger partial charge in [-0.15, -0.1) is 0 Å². The van der Waals surface area contributed by atoms with E-state index in [1.165, 1.54) is 270 Å². The first-order valence-electron chi connectivity index (χ1n) is 33.2. The Balaban J connectivity index is 4.02. The molecule has 0 aromatic carbocycles. The summed E-state index contributed by atoms with van der Waals surface area (Å²) >= 11 is 0. The maximum atomic E-state index is 13.0. The van der Waals surface area contributed by atoms with Gasteiger partial charge in [-0.2, -0.15) is 0 Å². The smallest absolute Gasteiger partial charge is 0.391 e. The third kappa shape index (κ3) is 60.5. The molecular weight excluding hydrogens is 948 g/mol. The number of aliphatic hydroxyl groups is 1. The fourth-order valence-corrected chi connectivity index (χ4v) is 11.0. The standard InChI is InChI=1S/C66H131N2O6P/c1-6-8-10-12-14-16-18-20-22-24-26-28-29-30-31-32-33-34-35-36-37-38-40-41-43-45-47-49-51-53-55-57-59-65(69)64(63-74-75(71,72)73-62-61-68(3,4)5)67-66(70)60-58-56-54-52-50-48-46-44-42-39-27-25-23-21-19-17-15-13-11-9-7-2/h19,21,25,27,64-65,69H,6-18,20,22-24,26,28-63H2,1-5H3,(H-,67,70,71,72)/p+1/b21-19-,27-25-. The second-order valence-electron chi connectivity index (χ2n) is 24.2. The zero-order chi connectivity index (χ0) is 54.9. The highest BCUT2D eigenvalue weighted by Gasteiger charge is 2.28. The molecule has 0 aliphatic carbocycles. The van der Waals surface area contributed by atoms with Crippen molar-refractivity contribution in [2.45, 2.75) is 353 Å². The minimum Gasteiger partial charge on any atom is -0.391 e. The highest BCUT2D eigenvalue weighted by molar-refractivity contribution is 7.47. The fourth-order valence-electron chi connectivity index (χ4n) is 10.3. The first kappa shape index (κ1) is 74.0. The molecule has 0 saturated heterocycles. The van der Waals surface area contributed by atoms with Gasteiger partial charge in [0, 0.05) is 6.42 Å². The van der Waals surface area contributed by atoms with E-state index in [1.807, 2.05) is 21.1 Å². The van der Waals surface area contributed by atoms with E-state index < -0.39 is 20.0 Å². The highest BCUT2D eigenvalue weighted by Crippen LogP contribution is 2.43. The van der Waals surface area contributed by atoms with Crippen LogP contribution < -0.4 is 5.32 Å². The van der Waals surface area contributed by atoms with Gasteiger partial charge >= 0.3 is 7.82 Å². The molecule has 0 saturated carbocycles. The lowest BCUT2D eigenvalue weighted by Crippen LogP contribution is -2.46. The number of phosphoric ester groups is 1. The van der Waals surface area contributed by atoms with E-state index in [1.54, 1.807) is 0 Å². The minimum atomic E-state index is -4.33. The number of aliphatic hydroxyl groups excluding tert-OH is 1. The molecule has 3 N–H and O–H groups in total. The van der Waals surface area contributed by atoms with E-state index in [-0.39, 0.29) is 19.1 Å². The van der Waals surface area contributed by atoms with Gasteiger partial charge in [-0.05, 0) is 44.9 Å². The van der Waals surface area contributed by atoms with Crippen molar-refractivity contribution in [1.82, 2.24) is 5.32 Å². The Hall–Kier alpha value is -1.02. The lowest BCUT2D eigenvalue weighted by Gasteiger charge is -2.26. The maximum absolute atomic E-state index is 13.0. The van der Waals surface area contributed by atoms with E-state index in [9.17, 15) is 19.4 Å². The van der Waals surface area contributed by atoms with Crippen molar-refractivity contribution in [1.29, 1.82) is 0 Å². The molecule has 0 aromatic rings. The van der Waals surface area contributed by atoms with Gasteiger partial charge in [-0.1, -0.05) is 314 Å². The molecule has 0 rings (SSSR count). The summed E-state index contributed by atoms with van der Waals surface area (Å²) in [5.41, 5.74) is 0. The Bertz CT molecular complexity index is 1270. The number of rotatable bonds is 62. The van der Waals surface area contributed by atoms with Crippen LogP contribution in [0.2, 0.25) is 0 Å². The van der Waals surface area contributed by atoms with E-state index >= 15 is 0 Å². The largest absolute Gasteiger partial charge is 0.472 e. The van der Waals surface area contributed by atoms with Crippen LogP contribution in [0.25, 0.3) is 0 Å². The van der Waals surface area contributed by atoms with Crippen LogP contribution in [0.3, 0.4) is 0 Å². The topological polar surface area (TPSA) is 105 Å². The van der Waals surface area contributed by atoms with E-state index in [2.05, 4.69) is 43.5 Å². The van der Waals surface area contributed by atoms with Crippen molar-refractivity contribution >= 4 is 13.7 Å². The molecule has 0 spiro atoms. The molecule has 3 unspecified atom stereocenters. The van der Waals surface area contributed by atoms with E-state index in [4.69, 9.17) is 9.05 Å². The van der Waals surface area contributed by atoms with Gasteiger partial charge in [0.15, 0.2) is 0 Å².